The summed E-state index contributed by atoms with van der Waals surface area (Å²) < 4.78 is 44.3. The Morgan fingerprint density at radius 1 is 1.16 bits per heavy atom. The van der Waals surface area contributed by atoms with Crippen molar-refractivity contribution in [1.82, 2.24) is 5.32 Å². The van der Waals surface area contributed by atoms with Crippen LogP contribution in [0.25, 0.3) is 0 Å². The van der Waals surface area contributed by atoms with E-state index in [-0.39, 0.29) is 17.8 Å². The van der Waals surface area contributed by atoms with Gasteiger partial charge in [0, 0.05) is 6.54 Å². The number of rotatable bonds is 4. The van der Waals surface area contributed by atoms with E-state index in [4.69, 9.17) is 4.74 Å². The molecule has 1 aromatic carbocycles. The van der Waals surface area contributed by atoms with Gasteiger partial charge in [-0.15, -0.1) is 0 Å². The fourth-order valence-corrected chi connectivity index (χ4v) is 1.61. The molecule has 0 radical (unpaired) electrons. The van der Waals surface area contributed by atoms with Crippen LogP contribution in [0, 0.1) is 0 Å². The third-order valence-electron chi connectivity index (χ3n) is 2.76. The lowest BCUT2D eigenvalue weighted by molar-refractivity contribution is -0.139. The number of ether oxygens (including phenoxy) is 1. The Morgan fingerprint density at radius 3 is 2.26 bits per heavy atom. The van der Waals surface area contributed by atoms with Gasteiger partial charge in [0.15, 0.2) is 0 Å². The zero-order valence-corrected chi connectivity index (χ0v) is 11.7. The number of benzene rings is 1. The highest BCUT2D eigenvalue weighted by Gasteiger charge is 2.35. The van der Waals surface area contributed by atoms with Crippen molar-refractivity contribution >= 4 is 0 Å². The summed E-state index contributed by atoms with van der Waals surface area (Å²) >= 11 is 0. The van der Waals surface area contributed by atoms with Gasteiger partial charge in [0.05, 0.1) is 5.56 Å². The maximum atomic E-state index is 13.0. The Kier molecular flexibility index (Phi) is 4.85. The quantitative estimate of drug-likeness (QED) is 0.848. The minimum Gasteiger partial charge on any atom is -0.492 e. The molecule has 1 N–H and O–H groups in total. The lowest BCUT2D eigenvalue weighted by Crippen LogP contribution is -2.19. The molecule has 0 atom stereocenters. The van der Waals surface area contributed by atoms with E-state index in [1.54, 1.807) is 13.1 Å². The van der Waals surface area contributed by atoms with Gasteiger partial charge in [-0.3, -0.25) is 0 Å². The Balaban J connectivity index is 3.11. The first-order chi connectivity index (χ1) is 8.66. The van der Waals surface area contributed by atoms with E-state index in [1.807, 2.05) is 20.8 Å². The van der Waals surface area contributed by atoms with Gasteiger partial charge in [0.25, 0.3) is 0 Å². The second kappa shape index (κ2) is 5.82. The minimum atomic E-state index is -4.41. The molecular formula is C14H20F3NO. The maximum Gasteiger partial charge on any atom is 0.419 e. The summed E-state index contributed by atoms with van der Waals surface area (Å²) in [5.41, 5.74) is -0.402. The molecule has 2 nitrogen and oxygen atoms in total. The Labute approximate surface area is 112 Å². The van der Waals surface area contributed by atoms with Gasteiger partial charge in [-0.25, -0.2) is 0 Å². The summed E-state index contributed by atoms with van der Waals surface area (Å²) in [4.78, 5) is 0. The largest absolute Gasteiger partial charge is 0.492 e. The van der Waals surface area contributed by atoms with Gasteiger partial charge in [0.1, 0.15) is 12.4 Å². The first kappa shape index (κ1) is 15.8. The highest BCUT2D eigenvalue weighted by atomic mass is 19.4. The van der Waals surface area contributed by atoms with Crippen LogP contribution in [-0.4, -0.2) is 20.2 Å². The SMILES string of the molecule is CNCCOc1ccc(C(C)(C)C)cc1C(F)(F)F. The molecule has 0 unspecified atom stereocenters. The molecule has 0 spiro atoms. The van der Waals surface area contributed by atoms with Crippen molar-refractivity contribution < 1.29 is 17.9 Å². The van der Waals surface area contributed by atoms with E-state index in [0.717, 1.165) is 0 Å². The predicted octanol–water partition coefficient (Wildman–Crippen LogP) is 3.60. The smallest absolute Gasteiger partial charge is 0.419 e. The van der Waals surface area contributed by atoms with Crippen molar-refractivity contribution in [1.29, 1.82) is 0 Å². The van der Waals surface area contributed by atoms with Crippen LogP contribution in [0.2, 0.25) is 0 Å². The molecule has 0 saturated carbocycles. The van der Waals surface area contributed by atoms with Crippen LogP contribution in [0.4, 0.5) is 13.2 Å². The fourth-order valence-electron chi connectivity index (χ4n) is 1.61. The topological polar surface area (TPSA) is 21.3 Å². The second-order valence-electron chi connectivity index (χ2n) is 5.41. The molecule has 19 heavy (non-hydrogen) atoms. The number of nitrogens with one attached hydrogen (secondary N) is 1. The highest BCUT2D eigenvalue weighted by Crippen LogP contribution is 2.38. The van der Waals surface area contributed by atoms with E-state index in [2.05, 4.69) is 5.32 Å². The van der Waals surface area contributed by atoms with Crippen LogP contribution >= 0.6 is 0 Å². The first-order valence-electron chi connectivity index (χ1n) is 6.15. The summed E-state index contributed by atoms with van der Waals surface area (Å²) in [5.74, 6) is -0.115. The molecule has 0 bridgehead atoms. The molecule has 0 aliphatic heterocycles. The van der Waals surface area contributed by atoms with Crippen LogP contribution in [0.5, 0.6) is 5.75 Å². The molecule has 5 heteroatoms. The zero-order chi connectivity index (χ0) is 14.7. The Morgan fingerprint density at radius 2 is 1.79 bits per heavy atom. The normalized spacial score (nSPS) is 12.6. The summed E-state index contributed by atoms with van der Waals surface area (Å²) in [6.45, 7) is 6.34. The molecule has 0 aliphatic carbocycles. The molecule has 1 rings (SSSR count). The fraction of sp³-hybridized carbons (Fsp3) is 0.571. The molecule has 0 fully saturated rings. The summed E-state index contributed by atoms with van der Waals surface area (Å²) in [6, 6.07) is 4.26. The Hall–Kier alpha value is -1.23. The van der Waals surface area contributed by atoms with Gasteiger partial charge in [-0.1, -0.05) is 26.8 Å². The van der Waals surface area contributed by atoms with E-state index in [9.17, 15) is 13.2 Å². The van der Waals surface area contributed by atoms with E-state index < -0.39 is 11.7 Å². The molecule has 0 aliphatic rings. The average Bonchev–Trinajstić information content (AvgIpc) is 2.27. The first-order valence-corrected chi connectivity index (χ1v) is 6.15. The lowest BCUT2D eigenvalue weighted by atomic mass is 9.86. The van der Waals surface area contributed by atoms with Gasteiger partial charge in [-0.2, -0.15) is 13.2 Å². The van der Waals surface area contributed by atoms with E-state index in [0.29, 0.717) is 12.1 Å². The van der Waals surface area contributed by atoms with Crippen molar-refractivity contribution in [2.24, 2.45) is 0 Å². The minimum absolute atomic E-state index is 0.115. The molecule has 1 aromatic rings. The van der Waals surface area contributed by atoms with Crippen LogP contribution in [0.1, 0.15) is 31.9 Å². The second-order valence-corrected chi connectivity index (χ2v) is 5.41. The maximum absolute atomic E-state index is 13.0. The molecule has 0 heterocycles. The Bertz CT molecular complexity index is 422. The standard InChI is InChI=1S/C14H20F3NO/c1-13(2,3)10-5-6-12(19-8-7-18-4)11(9-10)14(15,16)17/h5-6,9,18H,7-8H2,1-4H3. The molecule has 108 valence electrons. The number of alkyl halides is 3. The highest BCUT2D eigenvalue weighted by molar-refractivity contribution is 5.41. The molecule has 0 saturated heterocycles. The van der Waals surface area contributed by atoms with E-state index >= 15 is 0 Å². The number of hydrogen-bond donors (Lipinski definition) is 1. The average molecular weight is 275 g/mol. The molecule has 0 amide bonds. The molecular weight excluding hydrogens is 255 g/mol. The van der Waals surface area contributed by atoms with Crippen molar-refractivity contribution in [3.05, 3.63) is 29.3 Å². The van der Waals surface area contributed by atoms with Crippen LogP contribution in [0.3, 0.4) is 0 Å². The number of likely N-dealkylation sites (N-methyl/N-ethyl adjacent to an activating group) is 1. The van der Waals surface area contributed by atoms with Crippen molar-refractivity contribution in [3.8, 4) is 5.75 Å². The van der Waals surface area contributed by atoms with Crippen molar-refractivity contribution in [2.45, 2.75) is 32.4 Å². The third-order valence-corrected chi connectivity index (χ3v) is 2.76. The predicted molar refractivity (Wildman–Crippen MR) is 69.6 cm³/mol. The van der Waals surface area contributed by atoms with Crippen LogP contribution in [-0.2, 0) is 11.6 Å². The molecule has 0 aromatic heterocycles. The van der Waals surface area contributed by atoms with Gasteiger partial charge < -0.3 is 10.1 Å². The van der Waals surface area contributed by atoms with Crippen LogP contribution in [0.15, 0.2) is 18.2 Å². The van der Waals surface area contributed by atoms with Crippen molar-refractivity contribution in [2.75, 3.05) is 20.2 Å². The lowest BCUT2D eigenvalue weighted by Gasteiger charge is -2.22. The van der Waals surface area contributed by atoms with Crippen LogP contribution < -0.4 is 10.1 Å². The number of hydrogen-bond acceptors (Lipinski definition) is 2. The van der Waals surface area contributed by atoms with E-state index in [1.165, 1.54) is 12.1 Å². The number of halogens is 3. The van der Waals surface area contributed by atoms with Gasteiger partial charge >= 0.3 is 6.18 Å². The zero-order valence-electron chi connectivity index (χ0n) is 11.7. The third kappa shape index (κ3) is 4.42. The van der Waals surface area contributed by atoms with Gasteiger partial charge in [-0.05, 0) is 30.2 Å². The summed E-state index contributed by atoms with van der Waals surface area (Å²) in [6.07, 6.45) is -4.41. The summed E-state index contributed by atoms with van der Waals surface area (Å²) in [7, 11) is 1.72. The summed E-state index contributed by atoms with van der Waals surface area (Å²) in [5, 5.41) is 2.83. The van der Waals surface area contributed by atoms with Crippen molar-refractivity contribution in [3.63, 3.8) is 0 Å². The monoisotopic (exact) mass is 275 g/mol. The van der Waals surface area contributed by atoms with Gasteiger partial charge in [0.2, 0.25) is 0 Å².